The molecule has 0 aromatic rings. The third-order valence-corrected chi connectivity index (χ3v) is 0. The Morgan fingerprint density at radius 1 is 1.14 bits per heavy atom. The van der Waals surface area contributed by atoms with E-state index in [4.69, 9.17) is 19.2 Å². The molecule has 0 aliphatic heterocycles. The normalized spacial score (nSPS) is 8.43. The topological polar surface area (TPSA) is 77.8 Å². The molecule has 42 valence electrons. The standard InChI is InChI=1S/Bi.Li.H3O4P.4H/c;;1-5(2,3)4;;;;/h;;(H3,1,2,3,4);;;;. The Kier molecular flexibility index (Phi) is 12.9. The molecule has 0 atom stereocenters. The molecular weight excluding hydrogens is 311 g/mol. The molecule has 0 bridgehead atoms. The molecule has 0 aliphatic carbocycles. The van der Waals surface area contributed by atoms with Gasteiger partial charge in [0.15, 0.2) is 0 Å². The van der Waals surface area contributed by atoms with E-state index in [-0.39, 0.29) is 45.1 Å². The van der Waals surface area contributed by atoms with Crippen LogP contribution < -0.4 is 0 Å². The molecule has 0 radical (unpaired) electrons. The third kappa shape index (κ3) is 93.8. The van der Waals surface area contributed by atoms with Gasteiger partial charge in [0.25, 0.3) is 0 Å². The zero-order valence-electron chi connectivity index (χ0n) is 2.90. The summed E-state index contributed by atoms with van der Waals surface area (Å²) in [5, 5.41) is 0. The van der Waals surface area contributed by atoms with Gasteiger partial charge in [0.2, 0.25) is 0 Å². The molecule has 4 nitrogen and oxygen atoms in total. The van der Waals surface area contributed by atoms with Crippen molar-refractivity contribution in [1.29, 1.82) is 0 Å². The Hall–Kier alpha value is 1.59. The summed E-state index contributed by atoms with van der Waals surface area (Å²) in [6, 6.07) is 0. The number of hydrogen-bond donors (Lipinski definition) is 3. The van der Waals surface area contributed by atoms with E-state index >= 15 is 0 Å². The van der Waals surface area contributed by atoms with Crippen LogP contribution in [-0.2, 0) is 4.57 Å². The first-order chi connectivity index (χ1) is 2.00. The Bertz CT molecular complexity index is 57.8. The van der Waals surface area contributed by atoms with Crippen molar-refractivity contribution in [2.24, 2.45) is 0 Å². The first-order valence-electron chi connectivity index (χ1n) is 0.783. The molecule has 0 unspecified atom stereocenters. The van der Waals surface area contributed by atoms with E-state index in [1.165, 1.54) is 0 Å². The van der Waals surface area contributed by atoms with Crippen molar-refractivity contribution >= 4 is 52.9 Å². The fraction of sp³-hybridized carbons (Fsp3) is 0. The summed E-state index contributed by atoms with van der Waals surface area (Å²) in [4.78, 5) is 21.6. The van der Waals surface area contributed by atoms with Gasteiger partial charge in [0.05, 0.1) is 0 Å². The van der Waals surface area contributed by atoms with E-state index < -0.39 is 7.82 Å². The fourth-order valence-electron chi connectivity index (χ4n) is 0. The molecule has 0 aromatic carbocycles. The summed E-state index contributed by atoms with van der Waals surface area (Å²) in [6.07, 6.45) is 0. The van der Waals surface area contributed by atoms with E-state index in [0.29, 0.717) is 0 Å². The average molecular weight is 318 g/mol. The van der Waals surface area contributed by atoms with Gasteiger partial charge in [-0.15, -0.1) is 0 Å². The molecule has 0 heterocycles. The van der Waals surface area contributed by atoms with Crippen LogP contribution in [-0.4, -0.2) is 59.7 Å². The minimum absolute atomic E-state index is 0. The maximum atomic E-state index is 8.88. The van der Waals surface area contributed by atoms with Crippen LogP contribution in [0.3, 0.4) is 0 Å². The van der Waals surface area contributed by atoms with E-state index in [1.54, 1.807) is 0 Å². The number of phosphoric acid groups is 1. The van der Waals surface area contributed by atoms with Crippen LogP contribution in [0.15, 0.2) is 0 Å². The number of hydrogen-bond acceptors (Lipinski definition) is 1. The van der Waals surface area contributed by atoms with Gasteiger partial charge in [0.1, 0.15) is 0 Å². The van der Waals surface area contributed by atoms with Crippen LogP contribution in [0.4, 0.5) is 0 Å². The van der Waals surface area contributed by atoms with Crippen LogP contribution >= 0.6 is 7.82 Å². The van der Waals surface area contributed by atoms with Crippen molar-refractivity contribution < 1.29 is 19.2 Å². The van der Waals surface area contributed by atoms with Crippen LogP contribution in [0, 0.1) is 0 Å². The van der Waals surface area contributed by atoms with Gasteiger partial charge < -0.3 is 14.7 Å². The molecule has 0 aromatic heterocycles. The summed E-state index contributed by atoms with van der Waals surface area (Å²) in [7, 11) is -4.64. The Balaban J connectivity index is -0.0000000800. The Morgan fingerprint density at radius 2 is 1.14 bits per heavy atom. The van der Waals surface area contributed by atoms with E-state index in [2.05, 4.69) is 0 Å². The SMILES string of the molecule is O=P(O)(O)O.[BiH3].[LiH]. The Labute approximate surface area is 71.9 Å². The van der Waals surface area contributed by atoms with Gasteiger partial charge in [-0.2, -0.15) is 0 Å². The molecule has 0 saturated carbocycles. The molecule has 0 spiro atoms. The van der Waals surface area contributed by atoms with Crippen LogP contribution in [0.25, 0.3) is 0 Å². The second-order valence-corrected chi connectivity index (χ2v) is 1.54. The van der Waals surface area contributed by atoms with Crippen molar-refractivity contribution in [3.8, 4) is 0 Å². The third-order valence-electron chi connectivity index (χ3n) is 0. The monoisotopic (exact) mass is 318 g/mol. The molecule has 7 heteroatoms. The van der Waals surface area contributed by atoms with Crippen molar-refractivity contribution in [2.75, 3.05) is 0 Å². The summed E-state index contributed by atoms with van der Waals surface area (Å²) >= 11 is 0. The van der Waals surface area contributed by atoms with E-state index in [1.807, 2.05) is 0 Å². The molecule has 7 heavy (non-hydrogen) atoms. The van der Waals surface area contributed by atoms with Gasteiger partial charge in [-0.1, -0.05) is 0 Å². The zero-order valence-corrected chi connectivity index (χ0v) is 9.30. The molecular formula is H7BiLiO4P. The van der Waals surface area contributed by atoms with Gasteiger partial charge in [-0.25, -0.2) is 4.57 Å². The molecule has 0 saturated heterocycles. The number of rotatable bonds is 0. The van der Waals surface area contributed by atoms with Crippen LogP contribution in [0.2, 0.25) is 0 Å². The molecule has 0 aliphatic rings. The first-order valence-corrected chi connectivity index (χ1v) is 2.35. The van der Waals surface area contributed by atoms with Crippen molar-refractivity contribution in [3.05, 3.63) is 0 Å². The summed E-state index contributed by atoms with van der Waals surface area (Å²) < 4.78 is 8.88. The Morgan fingerprint density at radius 3 is 1.14 bits per heavy atom. The van der Waals surface area contributed by atoms with Crippen molar-refractivity contribution in [3.63, 3.8) is 0 Å². The van der Waals surface area contributed by atoms with Crippen LogP contribution in [0.5, 0.6) is 0 Å². The quantitative estimate of drug-likeness (QED) is 0.334. The molecule has 0 fully saturated rings. The second kappa shape index (κ2) is 5.72. The average Bonchev–Trinajstić information content (AvgIpc) is 0.722. The molecule has 0 rings (SSSR count). The van der Waals surface area contributed by atoms with Gasteiger partial charge >= 0.3 is 52.9 Å². The summed E-state index contributed by atoms with van der Waals surface area (Å²) in [5.74, 6) is 0. The fourth-order valence-corrected chi connectivity index (χ4v) is 0. The molecule has 3 N–H and O–H groups in total. The van der Waals surface area contributed by atoms with Gasteiger partial charge in [-0.3, -0.25) is 0 Å². The van der Waals surface area contributed by atoms with Crippen molar-refractivity contribution in [1.82, 2.24) is 0 Å². The van der Waals surface area contributed by atoms with Gasteiger partial charge in [-0.05, 0) is 0 Å². The first kappa shape index (κ1) is 15.8. The summed E-state index contributed by atoms with van der Waals surface area (Å²) in [5.41, 5.74) is 0. The van der Waals surface area contributed by atoms with E-state index in [9.17, 15) is 0 Å². The predicted octanol–water partition coefficient (Wildman–Crippen LogP) is -2.76. The summed E-state index contributed by atoms with van der Waals surface area (Å²) in [6.45, 7) is 0. The predicted molar refractivity (Wildman–Crippen MR) is 31.4 cm³/mol. The zero-order chi connectivity index (χ0) is 4.50. The maximum absolute atomic E-state index is 8.88. The minimum atomic E-state index is -4.64. The van der Waals surface area contributed by atoms with E-state index in [0.717, 1.165) is 0 Å². The van der Waals surface area contributed by atoms with Gasteiger partial charge in [0, 0.05) is 0 Å². The molecule has 0 amide bonds. The van der Waals surface area contributed by atoms with Crippen molar-refractivity contribution in [2.45, 2.75) is 0 Å². The second-order valence-electron chi connectivity index (χ2n) is 0.513. The van der Waals surface area contributed by atoms with Crippen LogP contribution in [0.1, 0.15) is 0 Å².